The molecule has 0 radical (unpaired) electrons. The summed E-state index contributed by atoms with van der Waals surface area (Å²) in [5.41, 5.74) is 5.00. The van der Waals surface area contributed by atoms with Crippen molar-refractivity contribution in [3.8, 4) is 5.69 Å². The van der Waals surface area contributed by atoms with Crippen LogP contribution in [0.5, 0.6) is 0 Å². The van der Waals surface area contributed by atoms with Crippen molar-refractivity contribution in [1.29, 1.82) is 0 Å². The predicted octanol–water partition coefficient (Wildman–Crippen LogP) is 4.54. The van der Waals surface area contributed by atoms with Gasteiger partial charge in [-0.05, 0) is 80.8 Å². The Kier molecular flexibility index (Phi) is 6.82. The van der Waals surface area contributed by atoms with Crippen LogP contribution in [-0.4, -0.2) is 33.3 Å². The fourth-order valence-electron chi connectivity index (χ4n) is 4.30. The van der Waals surface area contributed by atoms with E-state index in [0.29, 0.717) is 11.0 Å². The van der Waals surface area contributed by atoms with E-state index in [1.807, 2.05) is 43.3 Å². The zero-order valence-electron chi connectivity index (χ0n) is 20.2. The van der Waals surface area contributed by atoms with E-state index in [9.17, 15) is 9.59 Å². The molecule has 1 amide bonds. The van der Waals surface area contributed by atoms with E-state index in [4.69, 9.17) is 0 Å². The zero-order chi connectivity index (χ0) is 24.2. The maximum absolute atomic E-state index is 13.3. The SMILES string of the molecule is CCc1cccc(-n2c(=O)c3cccnc3n2CC(=O)Nc2ccc(N(CC)CC)cc2C)c1. The molecule has 0 fully saturated rings. The van der Waals surface area contributed by atoms with Gasteiger partial charge >= 0.3 is 0 Å². The maximum Gasteiger partial charge on any atom is 0.280 e. The smallest absolute Gasteiger partial charge is 0.280 e. The molecule has 7 nitrogen and oxygen atoms in total. The van der Waals surface area contributed by atoms with Gasteiger partial charge in [-0.3, -0.25) is 14.3 Å². The summed E-state index contributed by atoms with van der Waals surface area (Å²) in [6, 6.07) is 17.3. The van der Waals surface area contributed by atoms with Gasteiger partial charge in [-0.1, -0.05) is 19.1 Å². The first-order chi connectivity index (χ1) is 16.5. The van der Waals surface area contributed by atoms with E-state index < -0.39 is 0 Å². The van der Waals surface area contributed by atoms with Crippen molar-refractivity contribution in [1.82, 2.24) is 14.3 Å². The van der Waals surface area contributed by atoms with Crippen LogP contribution in [0.2, 0.25) is 0 Å². The number of fused-ring (bicyclic) bond motifs is 1. The number of carbonyl (C=O) groups is 1. The number of amides is 1. The van der Waals surface area contributed by atoms with Gasteiger partial charge in [0.05, 0.1) is 11.1 Å². The van der Waals surface area contributed by atoms with Crippen molar-refractivity contribution in [3.05, 3.63) is 82.3 Å². The summed E-state index contributed by atoms with van der Waals surface area (Å²) in [6.45, 7) is 10.1. The molecule has 1 N–H and O–H groups in total. The molecule has 4 aromatic rings. The maximum atomic E-state index is 13.3. The highest BCUT2D eigenvalue weighted by molar-refractivity contribution is 5.92. The van der Waals surface area contributed by atoms with E-state index >= 15 is 0 Å². The topological polar surface area (TPSA) is 72.2 Å². The second-order valence-corrected chi connectivity index (χ2v) is 8.29. The summed E-state index contributed by atoms with van der Waals surface area (Å²) in [5.74, 6) is -0.221. The average Bonchev–Trinajstić information content (AvgIpc) is 3.13. The Bertz CT molecular complexity index is 1380. The molecule has 0 aliphatic carbocycles. The Morgan fingerprint density at radius 3 is 2.53 bits per heavy atom. The number of pyridine rings is 1. The first-order valence-electron chi connectivity index (χ1n) is 11.8. The fourth-order valence-corrected chi connectivity index (χ4v) is 4.30. The molecule has 0 unspecified atom stereocenters. The molecule has 176 valence electrons. The number of anilines is 2. The number of aryl methyl sites for hydroxylation is 2. The van der Waals surface area contributed by atoms with Crippen LogP contribution in [0.4, 0.5) is 11.4 Å². The highest BCUT2D eigenvalue weighted by Gasteiger charge is 2.18. The van der Waals surface area contributed by atoms with Crippen LogP contribution in [0.15, 0.2) is 65.6 Å². The molecule has 0 aliphatic rings. The van der Waals surface area contributed by atoms with Crippen LogP contribution >= 0.6 is 0 Å². The highest BCUT2D eigenvalue weighted by atomic mass is 16.2. The lowest BCUT2D eigenvalue weighted by Gasteiger charge is -2.22. The van der Waals surface area contributed by atoms with Gasteiger partial charge in [0, 0.05) is 30.7 Å². The van der Waals surface area contributed by atoms with Gasteiger partial charge in [0.2, 0.25) is 5.91 Å². The largest absolute Gasteiger partial charge is 0.372 e. The van der Waals surface area contributed by atoms with Gasteiger partial charge in [-0.15, -0.1) is 0 Å². The third-order valence-corrected chi connectivity index (χ3v) is 6.16. The Labute approximate surface area is 199 Å². The van der Waals surface area contributed by atoms with Crippen molar-refractivity contribution in [2.24, 2.45) is 0 Å². The molecule has 0 aliphatic heterocycles. The van der Waals surface area contributed by atoms with E-state index in [1.54, 1.807) is 27.7 Å². The lowest BCUT2D eigenvalue weighted by atomic mass is 10.1. The highest BCUT2D eigenvalue weighted by Crippen LogP contribution is 2.23. The number of benzene rings is 2. The minimum atomic E-state index is -0.221. The van der Waals surface area contributed by atoms with Gasteiger partial charge in [0.25, 0.3) is 5.56 Å². The van der Waals surface area contributed by atoms with E-state index in [-0.39, 0.29) is 18.0 Å². The summed E-state index contributed by atoms with van der Waals surface area (Å²) < 4.78 is 3.20. The van der Waals surface area contributed by atoms with Gasteiger partial charge in [0.1, 0.15) is 6.54 Å². The van der Waals surface area contributed by atoms with Crippen molar-refractivity contribution < 1.29 is 4.79 Å². The third kappa shape index (κ3) is 4.46. The van der Waals surface area contributed by atoms with Crippen molar-refractivity contribution in [2.75, 3.05) is 23.3 Å². The van der Waals surface area contributed by atoms with Crippen molar-refractivity contribution in [3.63, 3.8) is 0 Å². The predicted molar refractivity (Wildman–Crippen MR) is 138 cm³/mol. The molecule has 2 aromatic heterocycles. The Morgan fingerprint density at radius 1 is 1.03 bits per heavy atom. The van der Waals surface area contributed by atoms with Crippen molar-refractivity contribution >= 4 is 28.3 Å². The summed E-state index contributed by atoms with van der Waals surface area (Å²) in [6.07, 6.45) is 2.49. The van der Waals surface area contributed by atoms with E-state index in [1.165, 1.54) is 0 Å². The van der Waals surface area contributed by atoms with Gasteiger partial charge in [0.15, 0.2) is 5.65 Å². The zero-order valence-corrected chi connectivity index (χ0v) is 20.2. The third-order valence-electron chi connectivity index (χ3n) is 6.16. The number of carbonyl (C=O) groups excluding carboxylic acids is 1. The van der Waals surface area contributed by atoms with Crippen LogP contribution in [0.3, 0.4) is 0 Å². The van der Waals surface area contributed by atoms with Gasteiger partial charge in [-0.2, -0.15) is 0 Å². The first kappa shape index (κ1) is 23.3. The van der Waals surface area contributed by atoms with Crippen LogP contribution in [0, 0.1) is 6.92 Å². The number of nitrogens with zero attached hydrogens (tertiary/aromatic N) is 4. The van der Waals surface area contributed by atoms with Crippen LogP contribution in [0.1, 0.15) is 31.9 Å². The molecule has 0 atom stereocenters. The van der Waals surface area contributed by atoms with Crippen LogP contribution in [0.25, 0.3) is 16.7 Å². The molecule has 0 saturated heterocycles. The molecule has 2 heterocycles. The normalized spacial score (nSPS) is 11.1. The Hall–Kier alpha value is -3.87. The molecule has 0 saturated carbocycles. The number of rotatable bonds is 8. The lowest BCUT2D eigenvalue weighted by Crippen LogP contribution is -2.27. The minimum absolute atomic E-state index is 0.0384. The van der Waals surface area contributed by atoms with Gasteiger partial charge in [-0.25, -0.2) is 9.67 Å². The molecule has 34 heavy (non-hydrogen) atoms. The molecule has 4 rings (SSSR count). The quantitative estimate of drug-likeness (QED) is 0.422. The average molecular weight is 458 g/mol. The molecular formula is C27H31N5O2. The van der Waals surface area contributed by atoms with E-state index in [0.717, 1.165) is 47.7 Å². The standard InChI is InChI=1S/C27H31N5O2/c1-5-20-10-8-11-22(17-20)32-27(34)23-12-9-15-28-26(23)31(32)18-25(33)29-24-14-13-21(16-19(24)4)30(6-2)7-3/h8-17H,5-7,18H2,1-4H3,(H,29,33). The molecule has 2 aromatic carbocycles. The monoisotopic (exact) mass is 457 g/mol. The molecule has 0 spiro atoms. The second-order valence-electron chi connectivity index (χ2n) is 8.29. The summed E-state index contributed by atoms with van der Waals surface area (Å²) in [7, 11) is 0. The summed E-state index contributed by atoms with van der Waals surface area (Å²) in [5, 5.41) is 3.50. The Balaban J connectivity index is 1.68. The number of hydrogen-bond acceptors (Lipinski definition) is 4. The number of hydrogen-bond donors (Lipinski definition) is 1. The molecule has 7 heteroatoms. The first-order valence-corrected chi connectivity index (χ1v) is 11.8. The Morgan fingerprint density at radius 2 is 1.82 bits per heavy atom. The van der Waals surface area contributed by atoms with E-state index in [2.05, 4.69) is 42.0 Å². The number of aromatic nitrogens is 3. The van der Waals surface area contributed by atoms with Crippen molar-refractivity contribution in [2.45, 2.75) is 40.7 Å². The molecule has 0 bridgehead atoms. The van der Waals surface area contributed by atoms with Gasteiger partial charge < -0.3 is 10.2 Å². The summed E-state index contributed by atoms with van der Waals surface area (Å²) >= 11 is 0. The minimum Gasteiger partial charge on any atom is -0.372 e. The lowest BCUT2D eigenvalue weighted by molar-refractivity contribution is -0.116. The number of nitrogens with one attached hydrogen (secondary N) is 1. The van der Waals surface area contributed by atoms with Crippen LogP contribution < -0.4 is 15.8 Å². The summed E-state index contributed by atoms with van der Waals surface area (Å²) in [4.78, 5) is 33.1. The van der Waals surface area contributed by atoms with Crippen LogP contribution in [-0.2, 0) is 17.8 Å². The fraction of sp³-hybridized carbons (Fsp3) is 0.296. The second kappa shape index (κ2) is 9.95. The molecular weight excluding hydrogens is 426 g/mol.